The number of hydrogen-bond acceptors (Lipinski definition) is 5. The molecule has 45 heavy (non-hydrogen) atoms. The first-order chi connectivity index (χ1) is 21.5. The average molecular weight is 636 g/mol. The molecular weight excluding hydrogens is 586 g/mol. The number of methoxy groups -OCH3 is 1. The summed E-state index contributed by atoms with van der Waals surface area (Å²) in [7, 11) is -2.19. The summed E-state index contributed by atoms with van der Waals surface area (Å²) >= 11 is 0. The quantitative estimate of drug-likeness (QED) is 0.337. The number of hydrogen-bond donors (Lipinski definition) is 1. The van der Waals surface area contributed by atoms with Crippen LogP contribution in [0.15, 0.2) is 48.5 Å². The lowest BCUT2D eigenvalue weighted by Gasteiger charge is -2.57. The van der Waals surface area contributed by atoms with Gasteiger partial charge in [0.15, 0.2) is 0 Å². The smallest absolute Gasteiger partial charge is 0.244 e. The molecule has 0 heterocycles. The zero-order valence-corrected chi connectivity index (χ0v) is 27.9. The van der Waals surface area contributed by atoms with Gasteiger partial charge >= 0.3 is 0 Å². The van der Waals surface area contributed by atoms with E-state index in [4.69, 9.17) is 4.74 Å². The normalized spacial score (nSPS) is 26.7. The Morgan fingerprint density at radius 2 is 1.49 bits per heavy atom. The summed E-state index contributed by atoms with van der Waals surface area (Å²) in [6.45, 7) is 1.52. The molecule has 7 rings (SSSR count). The van der Waals surface area contributed by atoms with E-state index in [-0.39, 0.29) is 30.5 Å². The zero-order chi connectivity index (χ0) is 31.8. The van der Waals surface area contributed by atoms with E-state index in [1.807, 2.05) is 36.4 Å². The highest BCUT2D eigenvalue weighted by Gasteiger charge is 2.51. The second kappa shape index (κ2) is 13.0. The first kappa shape index (κ1) is 31.9. The van der Waals surface area contributed by atoms with Crippen molar-refractivity contribution in [2.45, 2.75) is 102 Å². The zero-order valence-electron chi connectivity index (χ0n) is 27.0. The van der Waals surface area contributed by atoms with E-state index in [0.29, 0.717) is 11.4 Å². The number of rotatable bonds is 11. The van der Waals surface area contributed by atoms with Crippen LogP contribution in [0.3, 0.4) is 0 Å². The molecule has 8 nitrogen and oxygen atoms in total. The molecule has 5 fully saturated rings. The van der Waals surface area contributed by atoms with Crippen molar-refractivity contribution < 1.29 is 22.7 Å². The monoisotopic (exact) mass is 635 g/mol. The first-order valence-electron chi connectivity index (χ1n) is 16.8. The number of nitrogens with zero attached hydrogens (tertiary/aromatic N) is 2. The molecule has 0 saturated heterocycles. The maximum atomic E-state index is 14.1. The largest absolute Gasteiger partial charge is 0.497 e. The highest BCUT2D eigenvalue weighted by molar-refractivity contribution is 7.92. The maximum absolute atomic E-state index is 14.1. The predicted molar refractivity (Wildman–Crippen MR) is 177 cm³/mol. The minimum absolute atomic E-state index is 0.103. The van der Waals surface area contributed by atoms with Crippen molar-refractivity contribution >= 4 is 27.5 Å². The highest BCUT2D eigenvalue weighted by atomic mass is 32.2. The van der Waals surface area contributed by atoms with Gasteiger partial charge in [-0.15, -0.1) is 0 Å². The van der Waals surface area contributed by atoms with Crippen LogP contribution in [0, 0.1) is 17.8 Å². The summed E-state index contributed by atoms with van der Waals surface area (Å²) in [5.41, 5.74) is 2.81. The maximum Gasteiger partial charge on any atom is 0.244 e. The molecule has 5 aliphatic carbocycles. The second-order valence-corrected chi connectivity index (χ2v) is 16.3. The van der Waals surface area contributed by atoms with Gasteiger partial charge in [-0.2, -0.15) is 0 Å². The molecule has 1 N–H and O–H groups in total. The number of sulfonamides is 1. The fraction of sp³-hybridized carbons (Fsp3) is 0.611. The van der Waals surface area contributed by atoms with Crippen molar-refractivity contribution in [3.05, 3.63) is 59.7 Å². The van der Waals surface area contributed by atoms with Gasteiger partial charge in [0, 0.05) is 12.6 Å². The molecule has 244 valence electrons. The summed E-state index contributed by atoms with van der Waals surface area (Å²) in [6.07, 6.45) is 14.1. The second-order valence-electron chi connectivity index (χ2n) is 14.4. The summed E-state index contributed by atoms with van der Waals surface area (Å²) in [5.74, 6) is 2.50. The van der Waals surface area contributed by atoms with Crippen LogP contribution < -0.4 is 14.4 Å². The SMILES string of the molecule is COc1ccc(CN(C(=O)CN(c2ccc(C34CC5CC(CC(C5)C3)C4)cc2)S(C)(=O)=O)C(C)C(=O)NC2CCCCC2)cc1. The summed E-state index contributed by atoms with van der Waals surface area (Å²) in [5, 5.41) is 3.15. The minimum Gasteiger partial charge on any atom is -0.497 e. The number of amides is 2. The number of anilines is 1. The Labute approximate surface area is 268 Å². The van der Waals surface area contributed by atoms with Crippen molar-refractivity contribution in [1.29, 1.82) is 0 Å². The molecule has 0 aliphatic heterocycles. The molecule has 0 radical (unpaired) electrons. The standard InChI is InChI=1S/C36H49N3O5S/c1-25(35(41)37-31-7-5-4-6-8-31)38(23-26-9-15-33(44-2)16-10-26)34(40)24-39(45(3,42)43)32-13-11-30(12-14-32)36-20-27-17-28(21-36)19-29(18-27)22-36/h9-16,25,27-29,31H,4-8,17-24H2,1-3H3,(H,37,41). The van der Waals surface area contributed by atoms with Crippen LogP contribution in [0.5, 0.6) is 5.75 Å². The molecule has 5 aliphatic rings. The van der Waals surface area contributed by atoms with Crippen LogP contribution in [0.25, 0.3) is 0 Å². The number of carbonyl (C=O) groups is 2. The Morgan fingerprint density at radius 3 is 2.02 bits per heavy atom. The average Bonchev–Trinajstić information content (AvgIpc) is 3.01. The van der Waals surface area contributed by atoms with Crippen LogP contribution in [-0.2, 0) is 31.6 Å². The Kier molecular flexibility index (Phi) is 9.19. The van der Waals surface area contributed by atoms with Crippen LogP contribution in [0.1, 0.15) is 88.7 Å². The van der Waals surface area contributed by atoms with Gasteiger partial charge in [-0.25, -0.2) is 8.42 Å². The molecule has 2 amide bonds. The third kappa shape index (κ3) is 7.03. The van der Waals surface area contributed by atoms with Crippen molar-refractivity contribution in [2.75, 3.05) is 24.2 Å². The predicted octanol–water partition coefficient (Wildman–Crippen LogP) is 5.80. The van der Waals surface area contributed by atoms with Gasteiger partial charge in [-0.1, -0.05) is 43.5 Å². The van der Waals surface area contributed by atoms with Crippen molar-refractivity contribution in [3.63, 3.8) is 0 Å². The topological polar surface area (TPSA) is 96.0 Å². The van der Waals surface area contributed by atoms with E-state index in [2.05, 4.69) is 17.4 Å². The molecule has 4 bridgehead atoms. The molecule has 0 aromatic heterocycles. The van der Waals surface area contributed by atoms with Gasteiger partial charge in [0.25, 0.3) is 0 Å². The first-order valence-corrected chi connectivity index (χ1v) is 18.7. The molecule has 2 aromatic carbocycles. The van der Waals surface area contributed by atoms with Gasteiger partial charge in [-0.3, -0.25) is 13.9 Å². The van der Waals surface area contributed by atoms with Crippen LogP contribution >= 0.6 is 0 Å². The van der Waals surface area contributed by atoms with Gasteiger partial charge in [-0.05, 0) is 117 Å². The summed E-state index contributed by atoms with van der Waals surface area (Å²) in [4.78, 5) is 29.0. The minimum atomic E-state index is -3.79. The van der Waals surface area contributed by atoms with Gasteiger partial charge < -0.3 is 15.0 Å². The third-order valence-corrected chi connectivity index (χ3v) is 12.3. The molecule has 1 unspecified atom stereocenters. The highest BCUT2D eigenvalue weighted by Crippen LogP contribution is 2.60. The molecule has 0 spiro atoms. The van der Waals surface area contributed by atoms with Crippen LogP contribution in [0.2, 0.25) is 0 Å². The Balaban J connectivity index is 1.22. The van der Waals surface area contributed by atoms with Crippen molar-refractivity contribution in [3.8, 4) is 5.75 Å². The molecule has 5 saturated carbocycles. The van der Waals surface area contributed by atoms with Crippen molar-refractivity contribution in [1.82, 2.24) is 10.2 Å². The van der Waals surface area contributed by atoms with Crippen molar-refractivity contribution in [2.24, 2.45) is 17.8 Å². The molecular formula is C36H49N3O5S. The lowest BCUT2D eigenvalue weighted by molar-refractivity contribution is -0.139. The fourth-order valence-electron chi connectivity index (χ4n) is 9.14. The van der Waals surface area contributed by atoms with E-state index in [0.717, 1.165) is 55.3 Å². The summed E-state index contributed by atoms with van der Waals surface area (Å²) < 4.78 is 32.8. The Bertz CT molecular complexity index is 1430. The number of carbonyl (C=O) groups excluding carboxylic acids is 2. The number of benzene rings is 2. The third-order valence-electron chi connectivity index (χ3n) is 11.1. The summed E-state index contributed by atoms with van der Waals surface area (Å²) in [6, 6.07) is 14.6. The van der Waals surface area contributed by atoms with E-state index in [9.17, 15) is 18.0 Å². The van der Waals surface area contributed by atoms with Gasteiger partial charge in [0.2, 0.25) is 21.8 Å². The molecule has 9 heteroatoms. The van der Waals surface area contributed by atoms with Crippen LogP contribution in [0.4, 0.5) is 5.69 Å². The number of ether oxygens (including phenoxy) is 1. The Morgan fingerprint density at radius 1 is 0.911 bits per heavy atom. The molecule has 2 aromatic rings. The fourth-order valence-corrected chi connectivity index (χ4v) is 9.99. The van der Waals surface area contributed by atoms with Gasteiger partial charge in [0.1, 0.15) is 18.3 Å². The lowest BCUT2D eigenvalue weighted by Crippen LogP contribution is -2.53. The van der Waals surface area contributed by atoms with E-state index >= 15 is 0 Å². The number of nitrogens with one attached hydrogen (secondary N) is 1. The molecule has 1 atom stereocenters. The van der Waals surface area contributed by atoms with E-state index in [1.165, 1.54) is 59.7 Å². The van der Waals surface area contributed by atoms with E-state index < -0.39 is 22.0 Å². The van der Waals surface area contributed by atoms with Crippen LogP contribution in [-0.4, -0.2) is 57.1 Å². The van der Waals surface area contributed by atoms with E-state index in [1.54, 1.807) is 14.0 Å². The lowest BCUT2D eigenvalue weighted by atomic mass is 9.48. The Hall–Kier alpha value is -3.07. The van der Waals surface area contributed by atoms with Gasteiger partial charge in [0.05, 0.1) is 19.1 Å².